The number of ether oxygens (including phenoxy) is 1. The van der Waals surface area contributed by atoms with E-state index >= 15 is 0 Å². The molecule has 1 aromatic carbocycles. The molecular weight excluding hydrogens is 240 g/mol. The maximum absolute atomic E-state index is 12.0. The molecule has 0 bridgehead atoms. The average Bonchev–Trinajstić information content (AvgIpc) is 2.36. The maximum atomic E-state index is 12.0. The summed E-state index contributed by atoms with van der Waals surface area (Å²) in [5, 5.41) is 3.00. The van der Waals surface area contributed by atoms with Crippen molar-refractivity contribution in [3.63, 3.8) is 0 Å². The van der Waals surface area contributed by atoms with E-state index in [9.17, 15) is 4.79 Å². The van der Waals surface area contributed by atoms with Crippen molar-refractivity contribution >= 4 is 5.91 Å². The van der Waals surface area contributed by atoms with Crippen molar-refractivity contribution in [3.05, 3.63) is 29.8 Å². The molecule has 1 saturated carbocycles. The Balaban J connectivity index is 1.92. The van der Waals surface area contributed by atoms with E-state index in [1.807, 2.05) is 31.2 Å². The topological polar surface area (TPSA) is 64.3 Å². The number of hydrogen-bond donors (Lipinski definition) is 2. The van der Waals surface area contributed by atoms with Crippen LogP contribution in [-0.4, -0.2) is 18.6 Å². The van der Waals surface area contributed by atoms with Crippen LogP contribution in [0.15, 0.2) is 24.3 Å². The number of nitrogens with two attached hydrogens (primary N) is 1. The molecule has 0 aromatic heterocycles. The van der Waals surface area contributed by atoms with E-state index in [0.717, 1.165) is 30.6 Å². The molecule has 0 heterocycles. The van der Waals surface area contributed by atoms with Crippen LogP contribution in [0.4, 0.5) is 0 Å². The maximum Gasteiger partial charge on any atom is 0.222 e. The third-order valence-electron chi connectivity index (χ3n) is 3.83. The Morgan fingerprint density at radius 1 is 1.53 bits per heavy atom. The Labute approximate surface area is 114 Å². The van der Waals surface area contributed by atoms with E-state index in [-0.39, 0.29) is 17.5 Å². The van der Waals surface area contributed by atoms with Crippen LogP contribution in [0.1, 0.15) is 44.2 Å². The minimum absolute atomic E-state index is 0.0255. The first kappa shape index (κ1) is 13.9. The lowest BCUT2D eigenvalue weighted by molar-refractivity contribution is -0.123. The molecule has 0 aliphatic heterocycles. The highest BCUT2D eigenvalue weighted by Gasteiger charge is 2.34. The zero-order chi connectivity index (χ0) is 13.9. The zero-order valence-electron chi connectivity index (χ0n) is 11.6. The number of hydrogen-bond acceptors (Lipinski definition) is 3. The van der Waals surface area contributed by atoms with Crippen LogP contribution in [-0.2, 0) is 4.79 Å². The first-order valence-corrected chi connectivity index (χ1v) is 6.75. The molecule has 3 N–H and O–H groups in total. The van der Waals surface area contributed by atoms with Gasteiger partial charge in [-0.25, -0.2) is 0 Å². The summed E-state index contributed by atoms with van der Waals surface area (Å²) >= 11 is 0. The zero-order valence-corrected chi connectivity index (χ0v) is 11.6. The van der Waals surface area contributed by atoms with Crippen LogP contribution in [0, 0.1) is 0 Å². The van der Waals surface area contributed by atoms with Crippen molar-refractivity contribution in [2.45, 2.75) is 44.2 Å². The highest BCUT2D eigenvalue weighted by molar-refractivity contribution is 5.77. The van der Waals surface area contributed by atoms with Gasteiger partial charge >= 0.3 is 0 Å². The molecule has 1 fully saturated rings. The van der Waals surface area contributed by atoms with E-state index in [0.29, 0.717) is 6.42 Å². The summed E-state index contributed by atoms with van der Waals surface area (Å²) in [6.45, 7) is 1.97. The normalized spacial score (nSPS) is 18.3. The van der Waals surface area contributed by atoms with Gasteiger partial charge in [-0.1, -0.05) is 12.1 Å². The van der Waals surface area contributed by atoms with Crippen molar-refractivity contribution in [1.29, 1.82) is 0 Å². The van der Waals surface area contributed by atoms with E-state index in [1.54, 1.807) is 7.11 Å². The molecule has 1 atom stereocenters. The van der Waals surface area contributed by atoms with Gasteiger partial charge < -0.3 is 15.8 Å². The second kappa shape index (κ2) is 5.61. The molecule has 1 amide bonds. The standard InChI is InChI=1S/C15H22N2O2/c1-11(12-5-3-6-13(9-12)19-2)17-14(18)10-15(16)7-4-8-15/h3,5-6,9,11H,4,7-8,10,16H2,1-2H3,(H,17,18). The molecule has 4 heteroatoms. The molecule has 0 radical (unpaired) electrons. The second-order valence-corrected chi connectivity index (χ2v) is 5.46. The van der Waals surface area contributed by atoms with Gasteiger partial charge in [-0.05, 0) is 43.9 Å². The van der Waals surface area contributed by atoms with Gasteiger partial charge in [0.15, 0.2) is 0 Å². The van der Waals surface area contributed by atoms with Gasteiger partial charge in [0.25, 0.3) is 0 Å². The molecule has 1 aliphatic carbocycles. The Kier molecular flexibility index (Phi) is 4.10. The lowest BCUT2D eigenvalue weighted by Crippen LogP contribution is -2.50. The van der Waals surface area contributed by atoms with E-state index < -0.39 is 0 Å². The number of carbonyl (C=O) groups is 1. The van der Waals surface area contributed by atoms with Crippen LogP contribution in [0.2, 0.25) is 0 Å². The summed E-state index contributed by atoms with van der Waals surface area (Å²) in [7, 11) is 1.64. The Morgan fingerprint density at radius 3 is 2.84 bits per heavy atom. The van der Waals surface area contributed by atoms with Crippen molar-refractivity contribution in [2.75, 3.05) is 7.11 Å². The van der Waals surface area contributed by atoms with Gasteiger partial charge in [-0.3, -0.25) is 4.79 Å². The van der Waals surface area contributed by atoms with E-state index in [1.165, 1.54) is 0 Å². The van der Waals surface area contributed by atoms with Gasteiger partial charge in [-0.2, -0.15) is 0 Å². The minimum Gasteiger partial charge on any atom is -0.497 e. The first-order valence-electron chi connectivity index (χ1n) is 6.75. The predicted octanol–water partition coefficient (Wildman–Crippen LogP) is 2.14. The summed E-state index contributed by atoms with van der Waals surface area (Å²) in [5.74, 6) is 0.824. The fourth-order valence-electron chi connectivity index (χ4n) is 2.41. The quantitative estimate of drug-likeness (QED) is 0.854. The van der Waals surface area contributed by atoms with Crippen LogP contribution in [0.25, 0.3) is 0 Å². The molecule has 4 nitrogen and oxygen atoms in total. The average molecular weight is 262 g/mol. The number of amides is 1. The molecule has 0 spiro atoms. The number of rotatable bonds is 5. The van der Waals surface area contributed by atoms with Crippen LogP contribution < -0.4 is 15.8 Å². The van der Waals surface area contributed by atoms with Crippen molar-refractivity contribution in [2.24, 2.45) is 5.73 Å². The van der Waals surface area contributed by atoms with Crippen LogP contribution in [0.3, 0.4) is 0 Å². The molecule has 2 rings (SSSR count). The monoisotopic (exact) mass is 262 g/mol. The summed E-state index contributed by atoms with van der Waals surface area (Å²) in [6, 6.07) is 7.70. The third-order valence-corrected chi connectivity index (χ3v) is 3.83. The highest BCUT2D eigenvalue weighted by Crippen LogP contribution is 2.32. The highest BCUT2D eigenvalue weighted by atomic mass is 16.5. The SMILES string of the molecule is COc1cccc(C(C)NC(=O)CC2(N)CCC2)c1. The largest absolute Gasteiger partial charge is 0.497 e. The van der Waals surface area contributed by atoms with Crippen LogP contribution in [0.5, 0.6) is 5.75 Å². The third kappa shape index (κ3) is 3.47. The number of benzene rings is 1. The lowest BCUT2D eigenvalue weighted by Gasteiger charge is -2.37. The van der Waals surface area contributed by atoms with Gasteiger partial charge in [0.05, 0.1) is 13.2 Å². The van der Waals surface area contributed by atoms with Gasteiger partial charge in [0, 0.05) is 12.0 Å². The predicted molar refractivity (Wildman–Crippen MR) is 74.9 cm³/mol. The number of methoxy groups -OCH3 is 1. The Bertz CT molecular complexity index is 455. The van der Waals surface area contributed by atoms with Gasteiger partial charge in [-0.15, -0.1) is 0 Å². The summed E-state index contributed by atoms with van der Waals surface area (Å²) in [4.78, 5) is 12.0. The van der Waals surface area contributed by atoms with E-state index in [4.69, 9.17) is 10.5 Å². The lowest BCUT2D eigenvalue weighted by atomic mass is 9.75. The van der Waals surface area contributed by atoms with E-state index in [2.05, 4.69) is 5.32 Å². The van der Waals surface area contributed by atoms with Crippen molar-refractivity contribution < 1.29 is 9.53 Å². The number of nitrogens with one attached hydrogen (secondary N) is 1. The summed E-state index contributed by atoms with van der Waals surface area (Å²) in [6.07, 6.45) is 3.46. The Hall–Kier alpha value is -1.55. The van der Waals surface area contributed by atoms with Crippen molar-refractivity contribution in [3.8, 4) is 5.75 Å². The van der Waals surface area contributed by atoms with Gasteiger partial charge in [0.2, 0.25) is 5.91 Å². The molecule has 0 saturated heterocycles. The smallest absolute Gasteiger partial charge is 0.222 e. The fraction of sp³-hybridized carbons (Fsp3) is 0.533. The summed E-state index contributed by atoms with van der Waals surface area (Å²) < 4.78 is 5.18. The number of carbonyl (C=O) groups excluding carboxylic acids is 1. The fourth-order valence-corrected chi connectivity index (χ4v) is 2.41. The molecular formula is C15H22N2O2. The minimum atomic E-state index is -0.266. The molecule has 104 valence electrons. The molecule has 1 aromatic rings. The summed E-state index contributed by atoms with van der Waals surface area (Å²) in [5.41, 5.74) is 6.85. The molecule has 1 unspecified atom stereocenters. The molecule has 19 heavy (non-hydrogen) atoms. The van der Waals surface area contributed by atoms with Gasteiger partial charge in [0.1, 0.15) is 5.75 Å². The Morgan fingerprint density at radius 2 is 2.26 bits per heavy atom. The second-order valence-electron chi connectivity index (χ2n) is 5.46. The van der Waals surface area contributed by atoms with Crippen LogP contribution >= 0.6 is 0 Å². The van der Waals surface area contributed by atoms with Crippen molar-refractivity contribution in [1.82, 2.24) is 5.32 Å². The molecule has 1 aliphatic rings. The first-order chi connectivity index (χ1) is 9.02.